The van der Waals surface area contributed by atoms with Gasteiger partial charge in [0, 0.05) is 5.69 Å². The first-order valence-corrected chi connectivity index (χ1v) is 5.60. The van der Waals surface area contributed by atoms with E-state index in [2.05, 4.69) is 10.3 Å². The summed E-state index contributed by atoms with van der Waals surface area (Å²) in [4.78, 5) is 15.8. The molecule has 1 aromatic carbocycles. The van der Waals surface area contributed by atoms with Crippen molar-refractivity contribution in [2.75, 3.05) is 5.32 Å². The number of aryl methyl sites for hydroxylation is 1. The lowest BCUT2D eigenvalue weighted by Gasteiger charge is -2.05. The highest BCUT2D eigenvalue weighted by atomic mass is 19.1. The molecule has 1 N–H and O–H groups in total. The van der Waals surface area contributed by atoms with E-state index in [1.165, 1.54) is 12.1 Å². The van der Waals surface area contributed by atoms with E-state index in [-0.39, 0.29) is 18.1 Å². The fourth-order valence-electron chi connectivity index (χ4n) is 1.53. The van der Waals surface area contributed by atoms with Gasteiger partial charge in [-0.3, -0.25) is 9.78 Å². The molecule has 0 saturated carbocycles. The molecule has 0 atom stereocenters. The van der Waals surface area contributed by atoms with Crippen molar-refractivity contribution in [3.8, 4) is 0 Å². The van der Waals surface area contributed by atoms with Crippen LogP contribution in [-0.2, 0) is 11.2 Å². The lowest BCUT2D eigenvalue weighted by molar-refractivity contribution is -0.115. The Bertz CT molecular complexity index is 485. The minimum absolute atomic E-state index is 0.146. The fraction of sp³-hybridized carbons (Fsp3) is 0.143. The summed E-state index contributed by atoms with van der Waals surface area (Å²) in [6, 6.07) is 9.51. The fourth-order valence-corrected chi connectivity index (χ4v) is 1.53. The normalized spacial score (nSPS) is 10.1. The van der Waals surface area contributed by atoms with Crippen molar-refractivity contribution in [2.24, 2.45) is 0 Å². The van der Waals surface area contributed by atoms with Crippen molar-refractivity contribution in [1.29, 1.82) is 0 Å². The molecular formula is C14H13FN2O. The molecule has 2 rings (SSSR count). The molecule has 18 heavy (non-hydrogen) atoms. The summed E-state index contributed by atoms with van der Waals surface area (Å²) in [6.07, 6.45) is 1.83. The highest BCUT2D eigenvalue weighted by molar-refractivity contribution is 5.92. The van der Waals surface area contributed by atoms with Crippen LogP contribution in [0.2, 0.25) is 0 Å². The number of carbonyl (C=O) groups excluding carboxylic acids is 1. The molecule has 1 heterocycles. The maximum absolute atomic E-state index is 12.7. The first-order chi connectivity index (χ1) is 8.63. The highest BCUT2D eigenvalue weighted by Crippen LogP contribution is 2.08. The van der Waals surface area contributed by atoms with Crippen LogP contribution in [0, 0.1) is 12.7 Å². The minimum atomic E-state index is -0.304. The van der Waals surface area contributed by atoms with E-state index in [9.17, 15) is 9.18 Å². The molecular weight excluding hydrogens is 231 g/mol. The average molecular weight is 244 g/mol. The van der Waals surface area contributed by atoms with Crippen molar-refractivity contribution >= 4 is 11.6 Å². The van der Waals surface area contributed by atoms with Gasteiger partial charge in [0.2, 0.25) is 5.91 Å². The Kier molecular flexibility index (Phi) is 3.67. The van der Waals surface area contributed by atoms with E-state index >= 15 is 0 Å². The van der Waals surface area contributed by atoms with Crippen LogP contribution >= 0.6 is 0 Å². The number of hydrogen-bond acceptors (Lipinski definition) is 2. The number of nitrogens with one attached hydrogen (secondary N) is 1. The van der Waals surface area contributed by atoms with Gasteiger partial charge in [0.15, 0.2) is 0 Å². The molecule has 0 spiro atoms. The number of aromatic nitrogens is 1. The largest absolute Gasteiger partial charge is 0.324 e. The third-order valence-corrected chi connectivity index (χ3v) is 2.47. The van der Waals surface area contributed by atoms with E-state index in [1.54, 1.807) is 24.4 Å². The third kappa shape index (κ3) is 3.38. The Hall–Kier alpha value is -2.23. The molecule has 2 aromatic rings. The summed E-state index contributed by atoms with van der Waals surface area (Å²) < 4.78 is 12.7. The number of carbonyl (C=O) groups is 1. The molecule has 3 nitrogen and oxygen atoms in total. The number of halogens is 1. The molecule has 1 aromatic heterocycles. The van der Waals surface area contributed by atoms with Crippen LogP contribution < -0.4 is 5.32 Å². The standard InChI is InChI=1S/C14H13FN2O/c1-10-2-7-13(9-16-10)17-14(18)8-11-3-5-12(15)6-4-11/h2-7,9H,8H2,1H3,(H,17,18). The first-order valence-electron chi connectivity index (χ1n) is 5.60. The van der Waals surface area contributed by atoms with Gasteiger partial charge >= 0.3 is 0 Å². The van der Waals surface area contributed by atoms with E-state index in [1.807, 2.05) is 13.0 Å². The predicted octanol–water partition coefficient (Wildman–Crippen LogP) is 2.71. The summed E-state index contributed by atoms with van der Waals surface area (Å²) in [5, 5.41) is 2.74. The number of anilines is 1. The molecule has 0 aliphatic carbocycles. The SMILES string of the molecule is Cc1ccc(NC(=O)Cc2ccc(F)cc2)cn1. The van der Waals surface area contributed by atoms with Crippen molar-refractivity contribution in [3.63, 3.8) is 0 Å². The Morgan fingerprint density at radius 3 is 2.56 bits per heavy atom. The number of hydrogen-bond donors (Lipinski definition) is 1. The maximum atomic E-state index is 12.7. The summed E-state index contributed by atoms with van der Waals surface area (Å²) in [5.74, 6) is -0.450. The maximum Gasteiger partial charge on any atom is 0.228 e. The van der Waals surface area contributed by atoms with E-state index < -0.39 is 0 Å². The Balaban J connectivity index is 1.96. The lowest BCUT2D eigenvalue weighted by Crippen LogP contribution is -2.14. The summed E-state index contributed by atoms with van der Waals surface area (Å²) >= 11 is 0. The quantitative estimate of drug-likeness (QED) is 0.902. The molecule has 92 valence electrons. The molecule has 0 unspecified atom stereocenters. The lowest BCUT2D eigenvalue weighted by atomic mass is 10.1. The first kappa shape index (κ1) is 12.2. The van der Waals surface area contributed by atoms with Crippen LogP contribution in [0.3, 0.4) is 0 Å². The van der Waals surface area contributed by atoms with Gasteiger partial charge in [-0.05, 0) is 36.8 Å². The zero-order valence-corrected chi connectivity index (χ0v) is 9.98. The van der Waals surface area contributed by atoms with Gasteiger partial charge in [0.25, 0.3) is 0 Å². The molecule has 0 aliphatic rings. The second kappa shape index (κ2) is 5.40. The van der Waals surface area contributed by atoms with Gasteiger partial charge in [-0.15, -0.1) is 0 Å². The zero-order chi connectivity index (χ0) is 13.0. The molecule has 0 aliphatic heterocycles. The van der Waals surface area contributed by atoms with Crippen LogP contribution in [0.5, 0.6) is 0 Å². The van der Waals surface area contributed by atoms with Gasteiger partial charge in [0.1, 0.15) is 5.82 Å². The van der Waals surface area contributed by atoms with Gasteiger partial charge in [0.05, 0.1) is 18.3 Å². The minimum Gasteiger partial charge on any atom is -0.324 e. The van der Waals surface area contributed by atoms with Crippen LogP contribution in [0.4, 0.5) is 10.1 Å². The van der Waals surface area contributed by atoms with Crippen molar-refractivity contribution in [3.05, 3.63) is 59.7 Å². The summed E-state index contributed by atoms with van der Waals surface area (Å²) in [7, 11) is 0. The van der Waals surface area contributed by atoms with Gasteiger partial charge in [-0.1, -0.05) is 12.1 Å². The Morgan fingerprint density at radius 1 is 1.22 bits per heavy atom. The van der Waals surface area contributed by atoms with Crippen molar-refractivity contribution in [2.45, 2.75) is 13.3 Å². The molecule has 0 saturated heterocycles. The van der Waals surface area contributed by atoms with Crippen LogP contribution in [0.15, 0.2) is 42.6 Å². The number of pyridine rings is 1. The number of rotatable bonds is 3. The summed E-state index contributed by atoms with van der Waals surface area (Å²) in [5.41, 5.74) is 2.33. The molecule has 0 fully saturated rings. The molecule has 0 radical (unpaired) electrons. The van der Waals surface area contributed by atoms with E-state index in [0.717, 1.165) is 11.3 Å². The zero-order valence-electron chi connectivity index (χ0n) is 9.98. The number of amides is 1. The van der Waals surface area contributed by atoms with Crippen molar-refractivity contribution in [1.82, 2.24) is 4.98 Å². The Morgan fingerprint density at radius 2 is 1.94 bits per heavy atom. The monoisotopic (exact) mass is 244 g/mol. The molecule has 0 bridgehead atoms. The van der Waals surface area contributed by atoms with Crippen LogP contribution in [0.25, 0.3) is 0 Å². The number of nitrogens with zero attached hydrogens (tertiary/aromatic N) is 1. The van der Waals surface area contributed by atoms with E-state index in [0.29, 0.717) is 5.69 Å². The second-order valence-electron chi connectivity index (χ2n) is 4.04. The smallest absolute Gasteiger partial charge is 0.228 e. The van der Waals surface area contributed by atoms with Gasteiger partial charge in [-0.2, -0.15) is 0 Å². The molecule has 1 amide bonds. The van der Waals surface area contributed by atoms with Crippen LogP contribution in [0.1, 0.15) is 11.3 Å². The predicted molar refractivity (Wildman–Crippen MR) is 67.7 cm³/mol. The number of benzene rings is 1. The summed E-state index contributed by atoms with van der Waals surface area (Å²) in [6.45, 7) is 1.88. The van der Waals surface area contributed by atoms with Crippen molar-refractivity contribution < 1.29 is 9.18 Å². The van der Waals surface area contributed by atoms with E-state index in [4.69, 9.17) is 0 Å². The van der Waals surface area contributed by atoms with Gasteiger partial charge in [-0.25, -0.2) is 4.39 Å². The third-order valence-electron chi connectivity index (χ3n) is 2.47. The second-order valence-corrected chi connectivity index (χ2v) is 4.04. The average Bonchev–Trinajstić information content (AvgIpc) is 2.35. The topological polar surface area (TPSA) is 42.0 Å². The van der Waals surface area contributed by atoms with Crippen LogP contribution in [-0.4, -0.2) is 10.9 Å². The molecule has 4 heteroatoms. The Labute approximate surface area is 105 Å². The van der Waals surface area contributed by atoms with Gasteiger partial charge < -0.3 is 5.32 Å². The highest BCUT2D eigenvalue weighted by Gasteiger charge is 2.04.